The Morgan fingerprint density at radius 1 is 0.960 bits per heavy atom. The minimum Gasteiger partial charge on any atom is -0.207 e. The van der Waals surface area contributed by atoms with Crippen molar-refractivity contribution in [3.63, 3.8) is 0 Å². The average Bonchev–Trinajstić information content (AvgIpc) is 3.12. The second-order valence-corrected chi connectivity index (χ2v) is 9.34. The van der Waals surface area contributed by atoms with Crippen molar-refractivity contribution in [3.8, 4) is 0 Å². The molecule has 1 saturated heterocycles. The van der Waals surface area contributed by atoms with Crippen LogP contribution in [0.4, 0.5) is 0 Å². The van der Waals surface area contributed by atoms with Crippen LogP contribution in [-0.4, -0.2) is 25.0 Å². The third-order valence-electron chi connectivity index (χ3n) is 4.54. The highest BCUT2D eigenvalue weighted by Crippen LogP contribution is 2.41. The van der Waals surface area contributed by atoms with Gasteiger partial charge in [-0.1, -0.05) is 60.2 Å². The van der Waals surface area contributed by atoms with Crippen LogP contribution in [0.2, 0.25) is 0 Å². The van der Waals surface area contributed by atoms with E-state index in [1.807, 2.05) is 61.5 Å². The van der Waals surface area contributed by atoms with Crippen molar-refractivity contribution < 1.29 is 8.42 Å². The first-order valence-corrected chi connectivity index (χ1v) is 10.7. The molecule has 3 nitrogen and oxygen atoms in total. The van der Waals surface area contributed by atoms with Crippen molar-refractivity contribution in [1.29, 1.82) is 0 Å². The molecule has 3 aromatic rings. The number of hydrogen-bond donors (Lipinski definition) is 0. The summed E-state index contributed by atoms with van der Waals surface area (Å²) < 4.78 is 28.1. The molecule has 1 atom stereocenters. The van der Waals surface area contributed by atoms with Gasteiger partial charge in [0.1, 0.15) is 0 Å². The van der Waals surface area contributed by atoms with Crippen LogP contribution < -0.4 is 0 Å². The van der Waals surface area contributed by atoms with E-state index in [2.05, 4.69) is 0 Å². The molecule has 0 aliphatic carbocycles. The summed E-state index contributed by atoms with van der Waals surface area (Å²) in [5, 5.41) is 1.84. The van der Waals surface area contributed by atoms with Gasteiger partial charge >= 0.3 is 0 Å². The first kappa shape index (κ1) is 16.6. The van der Waals surface area contributed by atoms with E-state index in [9.17, 15) is 8.42 Å². The second kappa shape index (κ2) is 6.48. The molecule has 0 unspecified atom stereocenters. The lowest BCUT2D eigenvalue weighted by Crippen LogP contribution is -2.30. The normalized spacial score (nSPS) is 18.7. The lowest BCUT2D eigenvalue weighted by atomic mass is 10.1. The topological polar surface area (TPSA) is 37.4 Å². The number of rotatable bonds is 3. The Hall–Kier alpha value is -1.82. The molecule has 0 saturated carbocycles. The van der Waals surface area contributed by atoms with Crippen molar-refractivity contribution >= 4 is 32.6 Å². The van der Waals surface area contributed by atoms with Gasteiger partial charge in [-0.25, -0.2) is 8.42 Å². The Kier molecular flexibility index (Phi) is 4.31. The van der Waals surface area contributed by atoms with Crippen LogP contribution in [0.5, 0.6) is 0 Å². The summed E-state index contributed by atoms with van der Waals surface area (Å²) >= 11 is 1.68. The van der Waals surface area contributed by atoms with Gasteiger partial charge in [-0.3, -0.25) is 0 Å². The molecule has 0 aromatic heterocycles. The number of nitrogens with zero attached hydrogens (tertiary/aromatic N) is 1. The SMILES string of the molecule is Cc1ccc([C@H]2SCCN2S(=O)(=O)c2ccc3ccccc3c2)cc1. The summed E-state index contributed by atoms with van der Waals surface area (Å²) in [6.07, 6.45) is 0. The molecule has 0 radical (unpaired) electrons. The molecule has 128 valence electrons. The number of hydrogen-bond acceptors (Lipinski definition) is 3. The van der Waals surface area contributed by atoms with Gasteiger partial charge in [0, 0.05) is 12.3 Å². The molecule has 1 aliphatic heterocycles. The number of aryl methyl sites for hydroxylation is 1. The van der Waals surface area contributed by atoms with Crippen molar-refractivity contribution in [1.82, 2.24) is 4.31 Å². The summed E-state index contributed by atoms with van der Waals surface area (Å²) in [6.45, 7) is 2.58. The third kappa shape index (κ3) is 3.08. The fourth-order valence-corrected chi connectivity index (χ4v) is 6.43. The fourth-order valence-electron chi connectivity index (χ4n) is 3.16. The third-order valence-corrected chi connectivity index (χ3v) is 7.79. The molecular weight excluding hydrogens is 350 g/mol. The van der Waals surface area contributed by atoms with Gasteiger partial charge in [0.2, 0.25) is 10.0 Å². The van der Waals surface area contributed by atoms with Crippen LogP contribution >= 0.6 is 11.8 Å². The minimum absolute atomic E-state index is 0.155. The summed E-state index contributed by atoms with van der Waals surface area (Å²) in [6, 6.07) is 21.3. The molecule has 3 aromatic carbocycles. The van der Waals surface area contributed by atoms with Gasteiger partial charge in [-0.05, 0) is 35.4 Å². The lowest BCUT2D eigenvalue weighted by molar-refractivity contribution is 0.434. The Balaban J connectivity index is 1.73. The fraction of sp³-hybridized carbons (Fsp3) is 0.200. The van der Waals surface area contributed by atoms with Gasteiger partial charge < -0.3 is 0 Å². The Bertz CT molecular complexity index is 1010. The minimum atomic E-state index is -3.53. The molecule has 4 rings (SSSR count). The van der Waals surface area contributed by atoms with Crippen LogP contribution in [0.25, 0.3) is 10.8 Å². The Morgan fingerprint density at radius 3 is 2.44 bits per heavy atom. The molecule has 1 fully saturated rings. The monoisotopic (exact) mass is 369 g/mol. The van der Waals surface area contributed by atoms with Crippen LogP contribution in [0.15, 0.2) is 71.6 Å². The largest absolute Gasteiger partial charge is 0.244 e. The zero-order valence-electron chi connectivity index (χ0n) is 13.9. The summed E-state index contributed by atoms with van der Waals surface area (Å²) in [4.78, 5) is 0.366. The lowest BCUT2D eigenvalue weighted by Gasteiger charge is -2.24. The highest BCUT2D eigenvalue weighted by Gasteiger charge is 2.36. The zero-order valence-corrected chi connectivity index (χ0v) is 15.6. The van der Waals surface area contributed by atoms with Gasteiger partial charge in [0.05, 0.1) is 10.3 Å². The molecule has 25 heavy (non-hydrogen) atoms. The van der Waals surface area contributed by atoms with E-state index in [0.717, 1.165) is 22.1 Å². The smallest absolute Gasteiger partial charge is 0.207 e. The highest BCUT2D eigenvalue weighted by molar-refractivity contribution is 8.01. The van der Waals surface area contributed by atoms with E-state index in [-0.39, 0.29) is 5.37 Å². The molecule has 0 spiro atoms. The van der Waals surface area contributed by atoms with Crippen molar-refractivity contribution in [2.75, 3.05) is 12.3 Å². The van der Waals surface area contributed by atoms with Crippen LogP contribution in [0.3, 0.4) is 0 Å². The van der Waals surface area contributed by atoms with E-state index < -0.39 is 10.0 Å². The van der Waals surface area contributed by atoms with Crippen molar-refractivity contribution in [2.45, 2.75) is 17.2 Å². The maximum Gasteiger partial charge on any atom is 0.244 e. The number of fused-ring (bicyclic) bond motifs is 1. The van der Waals surface area contributed by atoms with Crippen molar-refractivity contribution in [3.05, 3.63) is 77.9 Å². The first-order chi connectivity index (χ1) is 12.1. The van der Waals surface area contributed by atoms with Gasteiger partial charge in [-0.15, -0.1) is 11.8 Å². The Labute approximate surface area is 152 Å². The predicted octanol–water partition coefficient (Wildman–Crippen LogP) is 4.58. The zero-order chi connectivity index (χ0) is 17.4. The molecular formula is C20H19NO2S2. The van der Waals surface area contributed by atoms with Crippen LogP contribution in [0, 0.1) is 6.92 Å². The summed E-state index contributed by atoms with van der Waals surface area (Å²) in [5.41, 5.74) is 2.22. The molecule has 0 N–H and O–H groups in total. The maximum absolute atomic E-state index is 13.2. The molecule has 5 heteroatoms. The average molecular weight is 370 g/mol. The van der Waals surface area contributed by atoms with Gasteiger partial charge in [0.15, 0.2) is 0 Å². The summed E-state index contributed by atoms with van der Waals surface area (Å²) in [5.74, 6) is 0.811. The molecule has 0 bridgehead atoms. The quantitative estimate of drug-likeness (QED) is 0.678. The second-order valence-electron chi connectivity index (χ2n) is 6.26. The summed E-state index contributed by atoms with van der Waals surface area (Å²) in [7, 11) is -3.53. The number of benzene rings is 3. The standard InChI is InChI=1S/C20H19NO2S2/c1-15-6-8-17(9-7-15)20-21(12-13-24-20)25(22,23)19-11-10-16-4-2-3-5-18(16)14-19/h2-11,14,20H,12-13H2,1H3/t20-/m1/s1. The van der Waals surface area contributed by atoms with E-state index >= 15 is 0 Å². The van der Waals surface area contributed by atoms with E-state index in [4.69, 9.17) is 0 Å². The van der Waals surface area contributed by atoms with Gasteiger partial charge in [-0.2, -0.15) is 4.31 Å². The van der Waals surface area contributed by atoms with E-state index in [1.54, 1.807) is 28.2 Å². The highest BCUT2D eigenvalue weighted by atomic mass is 32.2. The van der Waals surface area contributed by atoms with Crippen molar-refractivity contribution in [2.24, 2.45) is 0 Å². The number of thioether (sulfide) groups is 1. The van der Waals surface area contributed by atoms with Crippen LogP contribution in [-0.2, 0) is 10.0 Å². The maximum atomic E-state index is 13.2. The number of sulfonamides is 1. The van der Waals surface area contributed by atoms with Gasteiger partial charge in [0.25, 0.3) is 0 Å². The Morgan fingerprint density at radius 2 is 1.68 bits per heavy atom. The molecule has 0 amide bonds. The first-order valence-electron chi connectivity index (χ1n) is 8.24. The van der Waals surface area contributed by atoms with E-state index in [1.165, 1.54) is 5.56 Å². The van der Waals surface area contributed by atoms with E-state index in [0.29, 0.717) is 11.4 Å². The predicted molar refractivity (Wildman–Crippen MR) is 104 cm³/mol. The molecule has 1 aliphatic rings. The molecule has 1 heterocycles. The van der Waals surface area contributed by atoms with Crippen LogP contribution in [0.1, 0.15) is 16.5 Å².